The first-order valence-corrected chi connectivity index (χ1v) is 8.34. The van der Waals surface area contributed by atoms with Crippen molar-refractivity contribution in [2.75, 3.05) is 0 Å². The van der Waals surface area contributed by atoms with Crippen LogP contribution in [0.25, 0.3) is 0 Å². The molecule has 24 heavy (non-hydrogen) atoms. The van der Waals surface area contributed by atoms with Gasteiger partial charge in [-0.05, 0) is 42.0 Å². The molecule has 4 heteroatoms. The predicted molar refractivity (Wildman–Crippen MR) is 91.5 cm³/mol. The first kappa shape index (κ1) is 14.9. The minimum absolute atomic E-state index is 0.0924. The van der Waals surface area contributed by atoms with Crippen LogP contribution in [-0.4, -0.2) is 22.4 Å². The standard InChI is InChI=1S/C20H20N2O2/c1-14-6-2-3-9-17(14)13-22-18(23)20(21-19(22)24)11-10-15-7-4-5-8-16(15)12-20/h2-9H,10-13H2,1H3,(H,21,24). The van der Waals surface area contributed by atoms with Gasteiger partial charge < -0.3 is 5.32 Å². The molecular formula is C20H20N2O2. The maximum atomic E-state index is 13.1. The maximum absolute atomic E-state index is 13.1. The lowest BCUT2D eigenvalue weighted by Gasteiger charge is -2.32. The Morgan fingerprint density at radius 1 is 1.04 bits per heavy atom. The normalized spacial score (nSPS) is 22.6. The van der Waals surface area contributed by atoms with Crippen molar-refractivity contribution in [1.82, 2.24) is 10.2 Å². The van der Waals surface area contributed by atoms with Crippen molar-refractivity contribution in [3.8, 4) is 0 Å². The third kappa shape index (κ3) is 2.30. The number of fused-ring (bicyclic) bond motifs is 1. The van der Waals surface area contributed by atoms with E-state index in [1.165, 1.54) is 10.5 Å². The summed E-state index contributed by atoms with van der Waals surface area (Å²) < 4.78 is 0. The van der Waals surface area contributed by atoms with Crippen LogP contribution in [0.15, 0.2) is 48.5 Å². The Morgan fingerprint density at radius 3 is 2.54 bits per heavy atom. The van der Waals surface area contributed by atoms with Crippen molar-refractivity contribution < 1.29 is 9.59 Å². The highest BCUT2D eigenvalue weighted by molar-refractivity contribution is 6.07. The van der Waals surface area contributed by atoms with Gasteiger partial charge in [-0.3, -0.25) is 9.69 Å². The monoisotopic (exact) mass is 320 g/mol. The zero-order valence-electron chi connectivity index (χ0n) is 13.7. The van der Waals surface area contributed by atoms with E-state index in [-0.39, 0.29) is 11.9 Å². The van der Waals surface area contributed by atoms with Crippen molar-refractivity contribution in [3.63, 3.8) is 0 Å². The zero-order valence-corrected chi connectivity index (χ0v) is 13.7. The molecule has 0 aromatic heterocycles. The van der Waals surface area contributed by atoms with Gasteiger partial charge in [0.1, 0.15) is 5.54 Å². The quantitative estimate of drug-likeness (QED) is 0.865. The first-order valence-electron chi connectivity index (χ1n) is 8.34. The van der Waals surface area contributed by atoms with Crippen LogP contribution < -0.4 is 5.32 Å². The van der Waals surface area contributed by atoms with Gasteiger partial charge in [0.2, 0.25) is 0 Å². The van der Waals surface area contributed by atoms with E-state index < -0.39 is 5.54 Å². The molecule has 2 aliphatic rings. The third-order valence-electron chi connectivity index (χ3n) is 5.27. The van der Waals surface area contributed by atoms with Gasteiger partial charge in [0.05, 0.1) is 6.54 Å². The Bertz CT molecular complexity index is 830. The fourth-order valence-electron chi connectivity index (χ4n) is 3.80. The van der Waals surface area contributed by atoms with Crippen LogP contribution >= 0.6 is 0 Å². The Labute approximate surface area is 141 Å². The first-order chi connectivity index (χ1) is 11.6. The summed E-state index contributed by atoms with van der Waals surface area (Å²) in [4.78, 5) is 26.9. The molecule has 0 bridgehead atoms. The molecular weight excluding hydrogens is 300 g/mol. The second-order valence-corrected chi connectivity index (χ2v) is 6.78. The molecule has 122 valence electrons. The minimum atomic E-state index is -0.770. The van der Waals surface area contributed by atoms with Gasteiger partial charge in [0, 0.05) is 6.42 Å². The van der Waals surface area contributed by atoms with E-state index in [4.69, 9.17) is 0 Å². The molecule has 1 spiro atoms. The lowest BCUT2D eigenvalue weighted by Crippen LogP contribution is -2.51. The maximum Gasteiger partial charge on any atom is 0.325 e. The number of hydrogen-bond donors (Lipinski definition) is 1. The molecule has 2 aromatic rings. The van der Waals surface area contributed by atoms with Crippen molar-refractivity contribution in [3.05, 3.63) is 70.8 Å². The fourth-order valence-corrected chi connectivity index (χ4v) is 3.80. The van der Waals surface area contributed by atoms with Gasteiger partial charge in [-0.15, -0.1) is 0 Å². The van der Waals surface area contributed by atoms with Crippen LogP contribution in [0.4, 0.5) is 4.79 Å². The summed E-state index contributed by atoms with van der Waals surface area (Å²) in [5, 5.41) is 2.99. The fraction of sp³-hybridized carbons (Fsp3) is 0.300. The second kappa shape index (κ2) is 5.48. The number of imide groups is 1. The van der Waals surface area contributed by atoms with Crippen molar-refractivity contribution >= 4 is 11.9 Å². The molecule has 1 N–H and O–H groups in total. The van der Waals surface area contributed by atoms with Crippen LogP contribution in [-0.2, 0) is 24.2 Å². The molecule has 4 nitrogen and oxygen atoms in total. The van der Waals surface area contributed by atoms with Gasteiger partial charge in [0.15, 0.2) is 0 Å². The Morgan fingerprint density at radius 2 is 1.75 bits per heavy atom. The highest BCUT2D eigenvalue weighted by Crippen LogP contribution is 2.34. The van der Waals surface area contributed by atoms with Gasteiger partial charge in [-0.1, -0.05) is 48.5 Å². The number of carbonyl (C=O) groups excluding carboxylic acids is 2. The Kier molecular flexibility index (Phi) is 3.41. The van der Waals surface area contributed by atoms with E-state index in [1.54, 1.807) is 0 Å². The summed E-state index contributed by atoms with van der Waals surface area (Å²) in [5.74, 6) is -0.0924. The smallest absolute Gasteiger partial charge is 0.323 e. The van der Waals surface area contributed by atoms with E-state index in [0.29, 0.717) is 19.4 Å². The Balaban J connectivity index is 1.62. The summed E-state index contributed by atoms with van der Waals surface area (Å²) in [5.41, 5.74) is 3.77. The van der Waals surface area contributed by atoms with E-state index in [9.17, 15) is 9.59 Å². The second-order valence-electron chi connectivity index (χ2n) is 6.78. The molecule has 1 aliphatic heterocycles. The molecule has 1 atom stereocenters. The number of urea groups is 1. The van der Waals surface area contributed by atoms with E-state index in [1.807, 2.05) is 43.3 Å². The lowest BCUT2D eigenvalue weighted by atomic mass is 9.78. The molecule has 1 aliphatic carbocycles. The van der Waals surface area contributed by atoms with Crippen molar-refractivity contribution in [1.29, 1.82) is 0 Å². The number of rotatable bonds is 2. The van der Waals surface area contributed by atoms with Crippen LogP contribution in [0, 0.1) is 6.92 Å². The van der Waals surface area contributed by atoms with Crippen molar-refractivity contribution in [2.24, 2.45) is 0 Å². The third-order valence-corrected chi connectivity index (χ3v) is 5.27. The van der Waals surface area contributed by atoms with Crippen LogP contribution in [0.1, 0.15) is 28.7 Å². The Hall–Kier alpha value is -2.62. The van der Waals surface area contributed by atoms with Gasteiger partial charge >= 0.3 is 6.03 Å². The highest BCUT2D eigenvalue weighted by Gasteiger charge is 2.52. The number of nitrogens with zero attached hydrogens (tertiary/aromatic N) is 1. The molecule has 0 radical (unpaired) electrons. The summed E-state index contributed by atoms with van der Waals surface area (Å²) in [6, 6.07) is 15.8. The number of carbonyl (C=O) groups is 2. The van der Waals surface area contributed by atoms with Crippen LogP contribution in [0.5, 0.6) is 0 Å². The van der Waals surface area contributed by atoms with E-state index in [0.717, 1.165) is 23.1 Å². The average molecular weight is 320 g/mol. The SMILES string of the molecule is Cc1ccccc1CN1C(=O)NC2(CCc3ccccc3C2)C1=O. The molecule has 4 rings (SSSR count). The van der Waals surface area contributed by atoms with Gasteiger partial charge in [-0.2, -0.15) is 0 Å². The van der Waals surface area contributed by atoms with Crippen LogP contribution in [0.3, 0.4) is 0 Å². The van der Waals surface area contributed by atoms with E-state index >= 15 is 0 Å². The molecule has 1 heterocycles. The van der Waals surface area contributed by atoms with Gasteiger partial charge in [-0.25, -0.2) is 4.79 Å². The topological polar surface area (TPSA) is 49.4 Å². The molecule has 1 fully saturated rings. The highest BCUT2D eigenvalue weighted by atomic mass is 16.2. The summed E-state index contributed by atoms with van der Waals surface area (Å²) in [7, 11) is 0. The average Bonchev–Trinajstić information content (AvgIpc) is 2.81. The van der Waals surface area contributed by atoms with E-state index in [2.05, 4.69) is 17.4 Å². The number of amides is 3. The molecule has 3 amide bonds. The zero-order chi connectivity index (χ0) is 16.7. The predicted octanol–water partition coefficient (Wildman–Crippen LogP) is 2.97. The number of hydrogen-bond acceptors (Lipinski definition) is 2. The molecule has 2 aromatic carbocycles. The molecule has 1 unspecified atom stereocenters. The summed E-state index contributed by atoms with van der Waals surface area (Å²) >= 11 is 0. The molecule has 0 saturated carbocycles. The lowest BCUT2D eigenvalue weighted by molar-refractivity contribution is -0.132. The van der Waals surface area contributed by atoms with Crippen LogP contribution in [0.2, 0.25) is 0 Å². The number of nitrogens with one attached hydrogen (secondary N) is 1. The minimum Gasteiger partial charge on any atom is -0.323 e. The number of benzene rings is 2. The number of aryl methyl sites for hydroxylation is 2. The molecule has 1 saturated heterocycles. The van der Waals surface area contributed by atoms with Crippen molar-refractivity contribution in [2.45, 2.75) is 38.3 Å². The largest absolute Gasteiger partial charge is 0.325 e. The summed E-state index contributed by atoms with van der Waals surface area (Å²) in [6.45, 7) is 2.33. The summed E-state index contributed by atoms with van der Waals surface area (Å²) in [6.07, 6.45) is 2.07. The van der Waals surface area contributed by atoms with Gasteiger partial charge in [0.25, 0.3) is 5.91 Å².